The maximum absolute atomic E-state index is 13.1. The van der Waals surface area contributed by atoms with Gasteiger partial charge in [0.2, 0.25) is 5.91 Å². The molecule has 4 rings (SSSR count). The van der Waals surface area contributed by atoms with Crippen molar-refractivity contribution in [3.8, 4) is 0 Å². The third-order valence-electron chi connectivity index (χ3n) is 5.02. The maximum atomic E-state index is 13.1. The number of anilines is 2. The van der Waals surface area contributed by atoms with Crippen LogP contribution in [0.1, 0.15) is 18.9 Å². The molecule has 2 aromatic rings. The van der Waals surface area contributed by atoms with Crippen LogP contribution < -0.4 is 10.2 Å². The van der Waals surface area contributed by atoms with Gasteiger partial charge >= 0.3 is 6.03 Å². The lowest BCUT2D eigenvalue weighted by molar-refractivity contribution is -0.127. The van der Waals surface area contributed by atoms with Crippen molar-refractivity contribution in [2.24, 2.45) is 0 Å². The van der Waals surface area contributed by atoms with Crippen LogP contribution >= 0.6 is 22.9 Å². The van der Waals surface area contributed by atoms with Crippen LogP contribution in [0.4, 0.5) is 20.0 Å². The number of carbonyl (C=O) groups is 2. The number of halogens is 2. The molecule has 1 atom stereocenters. The Bertz CT molecular complexity index is 905. The minimum atomic E-state index is -0.460. The van der Waals surface area contributed by atoms with Gasteiger partial charge in [0, 0.05) is 42.7 Å². The summed E-state index contributed by atoms with van der Waals surface area (Å²) in [7, 11) is 0. The molecule has 1 spiro atoms. The van der Waals surface area contributed by atoms with E-state index in [-0.39, 0.29) is 22.5 Å². The fourth-order valence-electron chi connectivity index (χ4n) is 3.78. The van der Waals surface area contributed by atoms with Crippen LogP contribution in [0.25, 0.3) is 0 Å². The molecular weight excluding hydrogens is 379 g/mol. The number of amides is 3. The predicted molar refractivity (Wildman–Crippen MR) is 98.4 cm³/mol. The Balaban J connectivity index is 1.66. The van der Waals surface area contributed by atoms with Crippen molar-refractivity contribution >= 4 is 45.7 Å². The number of hydrogen-bond donors (Lipinski definition) is 1. The Morgan fingerprint density at radius 3 is 2.85 bits per heavy atom. The van der Waals surface area contributed by atoms with Crippen molar-refractivity contribution in [1.82, 2.24) is 9.88 Å². The number of benzene rings is 1. The minimum Gasteiger partial charge on any atom is -0.342 e. The lowest BCUT2D eigenvalue weighted by atomic mass is 9.81. The van der Waals surface area contributed by atoms with Crippen LogP contribution in [-0.2, 0) is 10.2 Å². The maximum Gasteiger partial charge on any atom is 0.328 e. The van der Waals surface area contributed by atoms with E-state index in [1.807, 2.05) is 12.1 Å². The number of fused-ring (bicyclic) bond motifs is 2. The highest BCUT2D eigenvalue weighted by Gasteiger charge is 2.49. The molecule has 1 saturated heterocycles. The summed E-state index contributed by atoms with van der Waals surface area (Å²) in [6.07, 6.45) is 1.83. The van der Waals surface area contributed by atoms with E-state index in [1.54, 1.807) is 22.8 Å². The minimum absolute atomic E-state index is 0.0200. The summed E-state index contributed by atoms with van der Waals surface area (Å²) in [4.78, 5) is 31.8. The van der Waals surface area contributed by atoms with Crippen LogP contribution in [0, 0.1) is 5.13 Å². The number of nitrogens with one attached hydrogen (secondary N) is 1. The van der Waals surface area contributed by atoms with E-state index in [2.05, 4.69) is 10.3 Å². The molecule has 1 aromatic heterocycles. The van der Waals surface area contributed by atoms with E-state index in [0.29, 0.717) is 24.7 Å². The van der Waals surface area contributed by atoms with Crippen molar-refractivity contribution < 1.29 is 14.0 Å². The molecular formula is C17H16ClFN4O2S. The number of urea groups is 1. The van der Waals surface area contributed by atoms with E-state index in [1.165, 1.54) is 0 Å². The van der Waals surface area contributed by atoms with E-state index in [9.17, 15) is 14.0 Å². The van der Waals surface area contributed by atoms with Gasteiger partial charge in [0.15, 0.2) is 10.3 Å². The first-order chi connectivity index (χ1) is 12.4. The average molecular weight is 395 g/mol. The fraction of sp³-hybridized carbons (Fsp3) is 0.353. The number of nitrogens with zero attached hydrogens (tertiary/aromatic N) is 3. The lowest BCUT2D eigenvalue weighted by Crippen LogP contribution is -2.41. The third-order valence-corrected chi connectivity index (χ3v) is 5.95. The molecule has 0 radical (unpaired) electrons. The molecule has 1 N–H and O–H groups in total. The molecule has 2 aliphatic rings. The molecule has 2 aliphatic heterocycles. The molecule has 0 aliphatic carbocycles. The van der Waals surface area contributed by atoms with Gasteiger partial charge in [0.1, 0.15) is 0 Å². The van der Waals surface area contributed by atoms with Gasteiger partial charge < -0.3 is 4.90 Å². The number of aromatic nitrogens is 1. The van der Waals surface area contributed by atoms with Gasteiger partial charge in [-0.3, -0.25) is 15.0 Å². The predicted octanol–water partition coefficient (Wildman–Crippen LogP) is 3.48. The molecule has 1 aromatic carbocycles. The van der Waals surface area contributed by atoms with Gasteiger partial charge in [-0.25, -0.2) is 9.78 Å². The van der Waals surface area contributed by atoms with Crippen LogP contribution in [0.3, 0.4) is 0 Å². The summed E-state index contributed by atoms with van der Waals surface area (Å²) in [6, 6.07) is 5.04. The number of likely N-dealkylation sites (tertiary alicyclic amines) is 1. The topological polar surface area (TPSA) is 65.5 Å². The van der Waals surface area contributed by atoms with Crippen molar-refractivity contribution in [2.75, 3.05) is 29.9 Å². The monoisotopic (exact) mass is 394 g/mol. The zero-order valence-electron chi connectivity index (χ0n) is 14.0. The van der Waals surface area contributed by atoms with Crippen LogP contribution in [0.5, 0.6) is 0 Å². The summed E-state index contributed by atoms with van der Waals surface area (Å²) >= 11 is 6.97. The van der Waals surface area contributed by atoms with Crippen molar-refractivity contribution in [3.05, 3.63) is 40.1 Å². The molecule has 1 unspecified atom stereocenters. The Kier molecular flexibility index (Phi) is 4.11. The van der Waals surface area contributed by atoms with Gasteiger partial charge in [-0.15, -0.1) is 0 Å². The molecule has 6 nitrogen and oxygen atoms in total. The van der Waals surface area contributed by atoms with Gasteiger partial charge in [0.25, 0.3) is 0 Å². The van der Waals surface area contributed by atoms with Crippen LogP contribution in [0.15, 0.2) is 24.4 Å². The highest BCUT2D eigenvalue weighted by atomic mass is 35.5. The molecule has 0 bridgehead atoms. The molecule has 3 heterocycles. The highest BCUT2D eigenvalue weighted by Crippen LogP contribution is 2.47. The number of rotatable bonds is 1. The second kappa shape index (κ2) is 6.21. The van der Waals surface area contributed by atoms with Crippen molar-refractivity contribution in [2.45, 2.75) is 18.8 Å². The van der Waals surface area contributed by atoms with Gasteiger partial charge in [0.05, 0.1) is 6.20 Å². The zero-order valence-corrected chi connectivity index (χ0v) is 15.5. The summed E-state index contributed by atoms with van der Waals surface area (Å²) in [6.45, 7) is 3.18. The summed E-state index contributed by atoms with van der Waals surface area (Å²) in [5, 5.41) is 2.98. The summed E-state index contributed by atoms with van der Waals surface area (Å²) < 4.78 is 13.1. The molecule has 26 heavy (non-hydrogen) atoms. The quantitative estimate of drug-likeness (QED) is 0.805. The first-order valence-corrected chi connectivity index (χ1v) is 9.33. The number of thiazole rings is 1. The van der Waals surface area contributed by atoms with Gasteiger partial charge in [-0.05, 0) is 30.2 Å². The normalized spacial score (nSPS) is 21.3. The van der Waals surface area contributed by atoms with E-state index < -0.39 is 5.13 Å². The molecule has 136 valence electrons. The Labute approximate surface area is 158 Å². The first-order valence-electron chi connectivity index (χ1n) is 8.13. The Morgan fingerprint density at radius 1 is 1.38 bits per heavy atom. The number of carbonyl (C=O) groups excluding carboxylic acids is 2. The largest absolute Gasteiger partial charge is 0.342 e. The molecule has 1 fully saturated rings. The first kappa shape index (κ1) is 17.2. The SMILES string of the molecule is CC(=O)N1CCC2(C1)CN(C(=O)Nc1ncc(F)s1)c1ccc(Cl)cc12. The summed E-state index contributed by atoms with van der Waals surface area (Å²) in [5.74, 6) is 0.0200. The molecule has 3 amide bonds. The van der Waals surface area contributed by atoms with Crippen molar-refractivity contribution in [1.29, 1.82) is 0 Å². The van der Waals surface area contributed by atoms with E-state index in [0.717, 1.165) is 35.2 Å². The van der Waals surface area contributed by atoms with E-state index in [4.69, 9.17) is 11.6 Å². The standard InChI is InChI=1S/C17H16ClFN4O2S/c1-10(24)22-5-4-17(8-22)9-23(13-3-2-11(18)6-12(13)17)16(25)21-15-20-7-14(19)26-15/h2-3,6-7H,4-5,8-9H2,1H3,(H,20,21,25). The molecule has 0 saturated carbocycles. The number of hydrogen-bond acceptors (Lipinski definition) is 4. The van der Waals surface area contributed by atoms with Gasteiger partial charge in [-0.2, -0.15) is 4.39 Å². The zero-order chi connectivity index (χ0) is 18.5. The van der Waals surface area contributed by atoms with Crippen molar-refractivity contribution in [3.63, 3.8) is 0 Å². The van der Waals surface area contributed by atoms with Crippen LogP contribution in [0.2, 0.25) is 5.02 Å². The Morgan fingerprint density at radius 2 is 2.19 bits per heavy atom. The van der Waals surface area contributed by atoms with E-state index >= 15 is 0 Å². The summed E-state index contributed by atoms with van der Waals surface area (Å²) in [5.41, 5.74) is 1.39. The third kappa shape index (κ3) is 2.83. The molecule has 9 heteroatoms. The fourth-order valence-corrected chi connectivity index (χ4v) is 4.49. The van der Waals surface area contributed by atoms with Gasteiger partial charge in [-0.1, -0.05) is 22.9 Å². The Hall–Kier alpha value is -2.19. The highest BCUT2D eigenvalue weighted by molar-refractivity contribution is 7.14. The average Bonchev–Trinajstić information content (AvgIpc) is 3.27. The lowest BCUT2D eigenvalue weighted by Gasteiger charge is -2.25. The smallest absolute Gasteiger partial charge is 0.328 e. The van der Waals surface area contributed by atoms with Crippen LogP contribution in [-0.4, -0.2) is 41.5 Å². The second-order valence-electron chi connectivity index (χ2n) is 6.62. The second-order valence-corrected chi connectivity index (χ2v) is 8.04.